The molecule has 4 heterocycles. The van der Waals surface area contributed by atoms with Crippen molar-refractivity contribution >= 4 is 23.6 Å². The Morgan fingerprint density at radius 3 is 2.52 bits per heavy atom. The Hall–Kier alpha value is -4.98. The highest BCUT2D eigenvalue weighted by Crippen LogP contribution is 2.24. The number of aromatic nitrogens is 5. The Balaban J connectivity index is 1.22. The predicted molar refractivity (Wildman–Crippen MR) is 181 cm³/mol. The van der Waals surface area contributed by atoms with Crippen molar-refractivity contribution in [1.29, 1.82) is 5.26 Å². The van der Waals surface area contributed by atoms with E-state index in [1.807, 2.05) is 55.7 Å². The molecule has 11 nitrogen and oxygen atoms in total. The molecule has 0 bridgehead atoms. The second-order valence-corrected chi connectivity index (χ2v) is 11.8. The number of hydrogen-bond acceptors (Lipinski definition) is 8. The molecule has 3 aromatic heterocycles. The zero-order valence-corrected chi connectivity index (χ0v) is 26.9. The fourth-order valence-electron chi connectivity index (χ4n) is 5.82. The number of unbranched alkanes of at least 4 members (excludes halogenated alkanes) is 1. The summed E-state index contributed by atoms with van der Waals surface area (Å²) in [4.78, 5) is 31.3. The first-order chi connectivity index (χ1) is 22.5. The smallest absolute Gasteiger partial charge is 0.323 e. The maximum atomic E-state index is 13.5. The SMILES string of the molecule is CCC[C@H](CCCCN(C(=O)NCc1ccccc1)c1ccc(-c2cnn(C)c2)cn1)Nc1ncc(C#N)c(N2CCCCC2)n1. The highest BCUT2D eigenvalue weighted by molar-refractivity contribution is 5.91. The molecule has 2 amide bonds. The van der Waals surface area contributed by atoms with Crippen LogP contribution in [-0.4, -0.2) is 56.4 Å². The van der Waals surface area contributed by atoms with Crippen molar-refractivity contribution in [2.75, 3.05) is 34.8 Å². The molecule has 0 radical (unpaired) electrons. The van der Waals surface area contributed by atoms with E-state index in [-0.39, 0.29) is 12.1 Å². The second-order valence-electron chi connectivity index (χ2n) is 11.8. The van der Waals surface area contributed by atoms with Crippen molar-refractivity contribution < 1.29 is 4.79 Å². The lowest BCUT2D eigenvalue weighted by atomic mass is 10.0. The lowest BCUT2D eigenvalue weighted by Gasteiger charge is -2.28. The average molecular weight is 621 g/mol. The van der Waals surface area contributed by atoms with Crippen molar-refractivity contribution in [2.24, 2.45) is 7.05 Å². The molecule has 2 N–H and O–H groups in total. The first kappa shape index (κ1) is 32.4. The van der Waals surface area contributed by atoms with Crippen LogP contribution in [-0.2, 0) is 13.6 Å². The number of nitrogens with one attached hydrogen (secondary N) is 2. The fraction of sp³-hybridized carbons (Fsp3) is 0.429. The number of pyridine rings is 1. The molecule has 1 saturated heterocycles. The van der Waals surface area contributed by atoms with Crippen molar-refractivity contribution in [3.63, 3.8) is 0 Å². The normalized spacial score (nSPS) is 13.5. The van der Waals surface area contributed by atoms with Gasteiger partial charge >= 0.3 is 6.03 Å². The molecule has 11 heteroatoms. The van der Waals surface area contributed by atoms with Crippen LogP contribution >= 0.6 is 0 Å². The van der Waals surface area contributed by atoms with Crippen molar-refractivity contribution in [3.05, 3.63) is 78.4 Å². The van der Waals surface area contributed by atoms with Gasteiger partial charge in [0, 0.05) is 62.8 Å². The molecular formula is C35H44N10O. The van der Waals surface area contributed by atoms with Gasteiger partial charge in [0.15, 0.2) is 5.82 Å². The minimum Gasteiger partial charge on any atom is -0.355 e. The van der Waals surface area contributed by atoms with Crippen molar-refractivity contribution in [2.45, 2.75) is 70.9 Å². The Bertz CT molecular complexity index is 1580. The van der Waals surface area contributed by atoms with Gasteiger partial charge in [-0.2, -0.15) is 15.3 Å². The summed E-state index contributed by atoms with van der Waals surface area (Å²) in [7, 11) is 1.88. The molecule has 0 spiro atoms. The topological polar surface area (TPSA) is 128 Å². The summed E-state index contributed by atoms with van der Waals surface area (Å²) in [6, 6.07) is 16.1. The number of carbonyl (C=O) groups is 1. The van der Waals surface area contributed by atoms with Gasteiger partial charge in [-0.05, 0) is 62.6 Å². The number of urea groups is 1. The number of rotatable bonds is 14. The molecule has 0 unspecified atom stereocenters. The largest absolute Gasteiger partial charge is 0.355 e. The summed E-state index contributed by atoms with van der Waals surface area (Å²) in [5.74, 6) is 1.91. The summed E-state index contributed by atoms with van der Waals surface area (Å²) >= 11 is 0. The van der Waals surface area contributed by atoms with Crippen LogP contribution in [0.1, 0.15) is 69.4 Å². The highest BCUT2D eigenvalue weighted by atomic mass is 16.2. The van der Waals surface area contributed by atoms with Gasteiger partial charge in [0.2, 0.25) is 5.95 Å². The molecule has 46 heavy (non-hydrogen) atoms. The van der Waals surface area contributed by atoms with Crippen LogP contribution in [0.3, 0.4) is 0 Å². The van der Waals surface area contributed by atoms with Crippen LogP contribution in [0, 0.1) is 11.3 Å². The second kappa shape index (κ2) is 16.4. The number of aryl methyl sites for hydroxylation is 1. The monoisotopic (exact) mass is 620 g/mol. The highest BCUT2D eigenvalue weighted by Gasteiger charge is 2.20. The van der Waals surface area contributed by atoms with Crippen LogP contribution in [0.15, 0.2) is 67.3 Å². The van der Waals surface area contributed by atoms with Gasteiger partial charge < -0.3 is 15.5 Å². The van der Waals surface area contributed by atoms with Crippen LogP contribution < -0.4 is 20.4 Å². The number of piperidine rings is 1. The van der Waals surface area contributed by atoms with Crippen LogP contribution in [0.2, 0.25) is 0 Å². The van der Waals surface area contributed by atoms with Crippen molar-refractivity contribution in [1.82, 2.24) is 30.0 Å². The van der Waals surface area contributed by atoms with Crippen LogP contribution in [0.5, 0.6) is 0 Å². The number of hydrogen-bond donors (Lipinski definition) is 2. The van der Waals surface area contributed by atoms with E-state index < -0.39 is 0 Å². The number of carbonyl (C=O) groups excluding carboxylic acids is 1. The van der Waals surface area contributed by atoms with E-state index >= 15 is 0 Å². The molecule has 1 atom stereocenters. The zero-order valence-electron chi connectivity index (χ0n) is 26.9. The van der Waals surface area contributed by atoms with Gasteiger partial charge in [-0.1, -0.05) is 43.7 Å². The number of anilines is 3. The minimum atomic E-state index is -0.176. The van der Waals surface area contributed by atoms with E-state index in [2.05, 4.69) is 43.6 Å². The zero-order chi connectivity index (χ0) is 32.1. The van der Waals surface area contributed by atoms with E-state index in [9.17, 15) is 10.1 Å². The quantitative estimate of drug-likeness (QED) is 0.157. The molecule has 1 aliphatic heterocycles. The number of benzene rings is 1. The van der Waals surface area contributed by atoms with E-state index in [0.717, 1.165) is 80.5 Å². The van der Waals surface area contributed by atoms with E-state index in [0.29, 0.717) is 30.4 Å². The third kappa shape index (κ3) is 8.81. The average Bonchev–Trinajstić information content (AvgIpc) is 3.54. The third-order valence-corrected chi connectivity index (χ3v) is 8.29. The Morgan fingerprint density at radius 2 is 1.83 bits per heavy atom. The maximum Gasteiger partial charge on any atom is 0.323 e. The first-order valence-electron chi connectivity index (χ1n) is 16.4. The van der Waals surface area contributed by atoms with Gasteiger partial charge in [-0.15, -0.1) is 0 Å². The number of nitriles is 1. The summed E-state index contributed by atoms with van der Waals surface area (Å²) < 4.78 is 1.76. The molecule has 240 valence electrons. The molecule has 5 rings (SSSR count). The summed E-state index contributed by atoms with van der Waals surface area (Å²) in [5.41, 5.74) is 3.48. The maximum absolute atomic E-state index is 13.5. The Kier molecular flexibility index (Phi) is 11.5. The van der Waals surface area contributed by atoms with Gasteiger partial charge in [0.25, 0.3) is 0 Å². The third-order valence-electron chi connectivity index (χ3n) is 8.29. The van der Waals surface area contributed by atoms with E-state index in [1.54, 1.807) is 28.2 Å². The lowest BCUT2D eigenvalue weighted by Crippen LogP contribution is -2.41. The molecule has 4 aromatic rings. The Labute approximate surface area is 271 Å². The lowest BCUT2D eigenvalue weighted by molar-refractivity contribution is 0.245. The summed E-state index contributed by atoms with van der Waals surface area (Å²) in [5, 5.41) is 20.5. The van der Waals surface area contributed by atoms with Gasteiger partial charge in [0.05, 0.1) is 12.4 Å². The summed E-state index contributed by atoms with van der Waals surface area (Å²) in [6.45, 7) is 4.98. The molecule has 0 saturated carbocycles. The summed E-state index contributed by atoms with van der Waals surface area (Å²) in [6.07, 6.45) is 15.2. The number of amides is 2. The van der Waals surface area contributed by atoms with Gasteiger partial charge in [-0.3, -0.25) is 9.58 Å². The van der Waals surface area contributed by atoms with E-state index in [1.165, 1.54) is 6.42 Å². The molecule has 1 aromatic carbocycles. The molecule has 0 aliphatic carbocycles. The van der Waals surface area contributed by atoms with E-state index in [4.69, 9.17) is 4.98 Å². The molecule has 1 aliphatic rings. The Morgan fingerprint density at radius 1 is 1.00 bits per heavy atom. The molecule has 1 fully saturated rings. The van der Waals surface area contributed by atoms with Gasteiger partial charge in [-0.25, -0.2) is 14.8 Å². The standard InChI is InChI=1S/C35H44N10O/c1-3-12-31(41-34-38-24-29(21-36)33(42-34)44-18-9-5-10-19-44)15-8-11-20-45(35(46)39-22-27-13-6-4-7-14-27)32-17-16-28(23-37-32)30-25-40-43(2)26-30/h4,6-7,13-14,16-17,23-26,31H,3,5,8-12,15,18-20,22H2,1-2H3,(H,39,46)(H,38,41,42)/t31-/m1/s1. The number of nitrogens with zero attached hydrogens (tertiary/aromatic N) is 8. The minimum absolute atomic E-state index is 0.176. The van der Waals surface area contributed by atoms with Gasteiger partial charge in [0.1, 0.15) is 17.5 Å². The van der Waals surface area contributed by atoms with Crippen molar-refractivity contribution in [3.8, 4) is 17.2 Å². The van der Waals surface area contributed by atoms with Crippen LogP contribution in [0.4, 0.5) is 22.4 Å². The predicted octanol–water partition coefficient (Wildman–Crippen LogP) is 6.30. The molecular weight excluding hydrogens is 576 g/mol. The van der Waals surface area contributed by atoms with Crippen LogP contribution in [0.25, 0.3) is 11.1 Å². The fourth-order valence-corrected chi connectivity index (χ4v) is 5.82. The first-order valence-corrected chi connectivity index (χ1v) is 16.4.